The monoisotopic (exact) mass is 355 g/mol. The quantitative estimate of drug-likeness (QED) is 0.775. The average Bonchev–Trinajstić information content (AvgIpc) is 3.08. The molecule has 2 aliphatic rings. The summed E-state index contributed by atoms with van der Waals surface area (Å²) < 4.78 is 0. The van der Waals surface area contributed by atoms with E-state index in [9.17, 15) is 0 Å². The zero-order chi connectivity index (χ0) is 16.1. The number of likely N-dealkylation sites (tertiary alicyclic amines) is 1. The predicted molar refractivity (Wildman–Crippen MR) is 98.7 cm³/mol. The van der Waals surface area contributed by atoms with Gasteiger partial charge in [0.15, 0.2) is 0 Å². The van der Waals surface area contributed by atoms with Crippen molar-refractivity contribution in [3.63, 3.8) is 0 Å². The van der Waals surface area contributed by atoms with Crippen LogP contribution in [0.5, 0.6) is 0 Å². The van der Waals surface area contributed by atoms with Crippen LogP contribution < -0.4 is 0 Å². The summed E-state index contributed by atoms with van der Waals surface area (Å²) in [5.41, 5.74) is 1.27. The first kappa shape index (κ1) is 17.5. The van der Waals surface area contributed by atoms with Crippen molar-refractivity contribution in [2.24, 2.45) is 0 Å². The molecule has 2 heterocycles. The Kier molecular flexibility index (Phi) is 6.61. The van der Waals surface area contributed by atoms with Crippen LogP contribution in [0.3, 0.4) is 0 Å². The fourth-order valence-electron chi connectivity index (χ4n) is 3.51. The van der Waals surface area contributed by atoms with Gasteiger partial charge in [-0.3, -0.25) is 4.90 Å². The molecule has 2 aliphatic heterocycles. The van der Waals surface area contributed by atoms with Crippen molar-refractivity contribution < 1.29 is 0 Å². The van der Waals surface area contributed by atoms with Crippen LogP contribution in [-0.2, 0) is 6.42 Å². The van der Waals surface area contributed by atoms with E-state index >= 15 is 0 Å². The molecule has 3 nitrogen and oxygen atoms in total. The summed E-state index contributed by atoms with van der Waals surface area (Å²) in [5, 5.41) is 1.30. The Balaban J connectivity index is 1.34. The molecule has 2 fully saturated rings. The maximum Gasteiger partial charge on any atom is 0.0595 e. The summed E-state index contributed by atoms with van der Waals surface area (Å²) in [5.74, 6) is 0. The third kappa shape index (κ3) is 5.33. The normalized spacial score (nSPS) is 21.1. The summed E-state index contributed by atoms with van der Waals surface area (Å²) >= 11 is 12.1. The minimum atomic E-state index is 0.641. The first-order chi connectivity index (χ1) is 11.2. The van der Waals surface area contributed by atoms with Gasteiger partial charge in [0.25, 0.3) is 0 Å². The van der Waals surface area contributed by atoms with Gasteiger partial charge in [-0.25, -0.2) is 0 Å². The fraction of sp³-hybridized carbons (Fsp3) is 0.667. The van der Waals surface area contributed by atoms with E-state index in [4.69, 9.17) is 23.2 Å². The van der Waals surface area contributed by atoms with Crippen molar-refractivity contribution in [2.45, 2.75) is 19.3 Å². The molecule has 0 bridgehead atoms. The Bertz CT molecular complexity index is 495. The zero-order valence-corrected chi connectivity index (χ0v) is 15.3. The Labute approximate surface area is 150 Å². The summed E-state index contributed by atoms with van der Waals surface area (Å²) in [7, 11) is 0. The van der Waals surface area contributed by atoms with Gasteiger partial charge in [0, 0.05) is 45.8 Å². The lowest BCUT2D eigenvalue weighted by Gasteiger charge is -2.35. The molecule has 5 heteroatoms. The fourth-order valence-corrected chi connectivity index (χ4v) is 3.83. The molecule has 128 valence electrons. The Hall–Kier alpha value is -0.320. The molecule has 0 aliphatic carbocycles. The lowest BCUT2D eigenvalue weighted by Crippen LogP contribution is -2.48. The molecule has 1 aromatic carbocycles. The molecule has 0 N–H and O–H groups in total. The maximum absolute atomic E-state index is 6.09. The van der Waals surface area contributed by atoms with E-state index in [1.54, 1.807) is 0 Å². The van der Waals surface area contributed by atoms with Crippen molar-refractivity contribution in [3.05, 3.63) is 33.8 Å². The number of nitrogens with zero attached hydrogens (tertiary/aromatic N) is 3. The van der Waals surface area contributed by atoms with Crippen LogP contribution in [0, 0.1) is 0 Å². The molecule has 0 radical (unpaired) electrons. The molecule has 2 saturated heterocycles. The lowest BCUT2D eigenvalue weighted by molar-refractivity contribution is 0.123. The van der Waals surface area contributed by atoms with E-state index < -0.39 is 0 Å². The average molecular weight is 356 g/mol. The number of benzene rings is 1. The van der Waals surface area contributed by atoms with Crippen LogP contribution in [0.15, 0.2) is 18.2 Å². The highest BCUT2D eigenvalue weighted by Crippen LogP contribution is 2.23. The lowest BCUT2D eigenvalue weighted by atomic mass is 10.1. The van der Waals surface area contributed by atoms with Gasteiger partial charge in [0.1, 0.15) is 0 Å². The molecule has 0 atom stereocenters. The standard InChI is InChI=1S/C18H27Cl2N3/c19-17-4-3-16(15-18(17)20)5-8-22-10-13-23(14-11-22)12-9-21-6-1-2-7-21/h3-4,15H,1-2,5-14H2. The van der Waals surface area contributed by atoms with Crippen LogP contribution >= 0.6 is 23.2 Å². The first-order valence-electron chi connectivity index (χ1n) is 8.82. The molecule has 0 saturated carbocycles. The number of hydrogen-bond acceptors (Lipinski definition) is 3. The minimum Gasteiger partial charge on any atom is -0.302 e. The molecular weight excluding hydrogens is 329 g/mol. The third-order valence-electron chi connectivity index (χ3n) is 5.10. The zero-order valence-electron chi connectivity index (χ0n) is 13.8. The van der Waals surface area contributed by atoms with Gasteiger partial charge in [-0.15, -0.1) is 0 Å². The minimum absolute atomic E-state index is 0.641. The van der Waals surface area contributed by atoms with E-state index in [0.717, 1.165) is 13.0 Å². The van der Waals surface area contributed by atoms with Crippen LogP contribution in [0.4, 0.5) is 0 Å². The van der Waals surface area contributed by atoms with Crippen molar-refractivity contribution in [2.75, 3.05) is 58.9 Å². The van der Waals surface area contributed by atoms with Gasteiger partial charge in [-0.1, -0.05) is 29.3 Å². The Morgan fingerprint density at radius 3 is 1.87 bits per heavy atom. The summed E-state index contributed by atoms with van der Waals surface area (Å²) in [6.07, 6.45) is 3.83. The second kappa shape index (κ2) is 8.68. The van der Waals surface area contributed by atoms with Crippen molar-refractivity contribution >= 4 is 23.2 Å². The topological polar surface area (TPSA) is 9.72 Å². The number of rotatable bonds is 6. The molecule has 0 unspecified atom stereocenters. The molecule has 1 aromatic rings. The Morgan fingerprint density at radius 1 is 0.696 bits per heavy atom. The van der Waals surface area contributed by atoms with Gasteiger partial charge < -0.3 is 9.80 Å². The number of halogens is 2. The first-order valence-corrected chi connectivity index (χ1v) is 9.57. The van der Waals surface area contributed by atoms with Gasteiger partial charge in [-0.05, 0) is 50.0 Å². The van der Waals surface area contributed by atoms with Gasteiger partial charge in [0.05, 0.1) is 10.0 Å². The third-order valence-corrected chi connectivity index (χ3v) is 5.84. The number of hydrogen-bond donors (Lipinski definition) is 0. The highest BCUT2D eigenvalue weighted by molar-refractivity contribution is 6.42. The van der Waals surface area contributed by atoms with E-state index in [1.807, 2.05) is 12.1 Å². The van der Waals surface area contributed by atoms with Crippen LogP contribution in [0.1, 0.15) is 18.4 Å². The van der Waals surface area contributed by atoms with Crippen LogP contribution in [0.25, 0.3) is 0 Å². The highest BCUT2D eigenvalue weighted by Gasteiger charge is 2.18. The van der Waals surface area contributed by atoms with E-state index in [2.05, 4.69) is 20.8 Å². The molecule has 3 rings (SSSR count). The highest BCUT2D eigenvalue weighted by atomic mass is 35.5. The maximum atomic E-state index is 6.09. The summed E-state index contributed by atoms with van der Waals surface area (Å²) in [6, 6.07) is 5.98. The molecule has 0 spiro atoms. The molecule has 23 heavy (non-hydrogen) atoms. The second-order valence-electron chi connectivity index (χ2n) is 6.73. The molecular formula is C18H27Cl2N3. The van der Waals surface area contributed by atoms with E-state index in [0.29, 0.717) is 10.0 Å². The SMILES string of the molecule is Clc1ccc(CCN2CCN(CCN3CCCC3)CC2)cc1Cl. The molecule has 0 aromatic heterocycles. The Morgan fingerprint density at radius 2 is 1.26 bits per heavy atom. The van der Waals surface area contributed by atoms with Crippen molar-refractivity contribution in [3.8, 4) is 0 Å². The number of piperazine rings is 1. The summed E-state index contributed by atoms with van der Waals surface area (Å²) in [4.78, 5) is 7.79. The van der Waals surface area contributed by atoms with E-state index in [1.165, 1.54) is 70.8 Å². The van der Waals surface area contributed by atoms with Crippen LogP contribution in [-0.4, -0.2) is 73.6 Å². The summed E-state index contributed by atoms with van der Waals surface area (Å²) in [6.45, 7) is 11.0. The van der Waals surface area contributed by atoms with Gasteiger partial charge in [0.2, 0.25) is 0 Å². The predicted octanol–water partition coefficient (Wildman–Crippen LogP) is 3.25. The smallest absolute Gasteiger partial charge is 0.0595 e. The van der Waals surface area contributed by atoms with Gasteiger partial charge >= 0.3 is 0 Å². The van der Waals surface area contributed by atoms with E-state index in [-0.39, 0.29) is 0 Å². The second-order valence-corrected chi connectivity index (χ2v) is 7.54. The molecule has 0 amide bonds. The van der Waals surface area contributed by atoms with Gasteiger partial charge in [-0.2, -0.15) is 0 Å². The van der Waals surface area contributed by atoms with Crippen molar-refractivity contribution in [1.29, 1.82) is 0 Å². The van der Waals surface area contributed by atoms with Crippen molar-refractivity contribution in [1.82, 2.24) is 14.7 Å². The largest absolute Gasteiger partial charge is 0.302 e. The van der Waals surface area contributed by atoms with Crippen LogP contribution in [0.2, 0.25) is 10.0 Å².